The molecule has 0 unspecified atom stereocenters. The molecule has 1 heterocycles. The van der Waals surface area contributed by atoms with Crippen molar-refractivity contribution in [2.75, 3.05) is 4.90 Å². The van der Waals surface area contributed by atoms with E-state index < -0.39 is 0 Å². The van der Waals surface area contributed by atoms with Crippen LogP contribution < -0.4 is 4.90 Å². The Morgan fingerprint density at radius 1 is 0.491 bits per heavy atom. The molecule has 276 valence electrons. The number of nitrogens with zero attached hydrogens (tertiary/aromatic N) is 2. The van der Waals surface area contributed by atoms with E-state index in [2.05, 4.69) is 199 Å². The summed E-state index contributed by atoms with van der Waals surface area (Å²) >= 11 is 0. The van der Waals surface area contributed by atoms with Crippen LogP contribution in [0.1, 0.15) is 68.6 Å². The third kappa shape index (κ3) is 5.46. The van der Waals surface area contributed by atoms with Gasteiger partial charge in [-0.25, -0.2) is 0 Å². The number of para-hydroxylation sites is 2. The minimum absolute atomic E-state index is 0.0614. The van der Waals surface area contributed by atoms with E-state index in [9.17, 15) is 0 Å². The number of rotatable bonds is 6. The third-order valence-electron chi connectivity index (χ3n) is 13.2. The molecule has 2 aliphatic carbocycles. The maximum absolute atomic E-state index is 2.55. The summed E-state index contributed by atoms with van der Waals surface area (Å²) < 4.78 is 2.43. The zero-order chi connectivity index (χ0) is 38.1. The minimum atomic E-state index is -0.0614. The van der Waals surface area contributed by atoms with Crippen molar-refractivity contribution in [2.45, 2.75) is 57.3 Å². The maximum Gasteiger partial charge on any atom is 0.0618 e. The van der Waals surface area contributed by atoms with Crippen LogP contribution in [0.5, 0.6) is 0 Å². The fourth-order valence-electron chi connectivity index (χ4n) is 10.3. The Bertz CT molecular complexity index is 2960. The first-order valence-electron chi connectivity index (χ1n) is 20.8. The Morgan fingerprint density at radius 3 is 2.02 bits per heavy atom. The van der Waals surface area contributed by atoms with E-state index in [-0.39, 0.29) is 5.41 Å². The third-order valence-corrected chi connectivity index (χ3v) is 13.2. The smallest absolute Gasteiger partial charge is 0.0618 e. The molecule has 0 aliphatic heterocycles. The summed E-state index contributed by atoms with van der Waals surface area (Å²) in [5.74, 6) is 0.649. The van der Waals surface area contributed by atoms with Crippen LogP contribution >= 0.6 is 0 Å². The average molecular weight is 735 g/mol. The number of aromatic nitrogens is 1. The molecule has 0 spiro atoms. The highest BCUT2D eigenvalue weighted by Crippen LogP contribution is 2.52. The topological polar surface area (TPSA) is 8.17 Å². The Balaban J connectivity index is 1.17. The molecule has 2 nitrogen and oxygen atoms in total. The van der Waals surface area contributed by atoms with E-state index in [0.29, 0.717) is 5.92 Å². The molecule has 0 amide bonds. The van der Waals surface area contributed by atoms with Crippen LogP contribution in [0.3, 0.4) is 0 Å². The van der Waals surface area contributed by atoms with Crippen LogP contribution in [-0.4, -0.2) is 4.57 Å². The predicted molar refractivity (Wildman–Crippen MR) is 242 cm³/mol. The summed E-state index contributed by atoms with van der Waals surface area (Å²) in [7, 11) is 0. The van der Waals surface area contributed by atoms with E-state index >= 15 is 0 Å². The van der Waals surface area contributed by atoms with Crippen molar-refractivity contribution in [1.29, 1.82) is 0 Å². The summed E-state index contributed by atoms with van der Waals surface area (Å²) in [6, 6.07) is 66.1. The molecule has 1 aromatic heterocycles. The lowest BCUT2D eigenvalue weighted by Crippen LogP contribution is -2.16. The van der Waals surface area contributed by atoms with Gasteiger partial charge in [0.05, 0.1) is 16.7 Å². The standard InChI is InChI=1S/C55H46N2/c1-55(2)50-23-13-11-21-46(50)49-36-43(31-34-51(49)55)56(42-29-25-38(26-30-42)37-15-5-3-6-16-37)54-44-20-10-9-17-39(44)27-32-45(54)40-28-33-48-47-22-12-14-24-52(47)57(53(48)35-40)41-18-7-4-8-19-41/h4,7-14,17-37H,3,5-6,15-16H2,1-2H3. The quantitative estimate of drug-likeness (QED) is 0.165. The highest BCUT2D eigenvalue weighted by molar-refractivity contribution is 6.12. The van der Waals surface area contributed by atoms with Gasteiger partial charge in [-0.3, -0.25) is 0 Å². The molecular formula is C55H46N2. The van der Waals surface area contributed by atoms with Crippen LogP contribution in [0.4, 0.5) is 17.1 Å². The van der Waals surface area contributed by atoms with Crippen LogP contribution in [0.2, 0.25) is 0 Å². The first-order chi connectivity index (χ1) is 28.0. The fraction of sp³-hybridized carbons (Fsp3) is 0.164. The van der Waals surface area contributed by atoms with Gasteiger partial charge in [-0.15, -0.1) is 0 Å². The molecule has 1 fully saturated rings. The zero-order valence-corrected chi connectivity index (χ0v) is 32.8. The second-order valence-corrected chi connectivity index (χ2v) is 16.8. The van der Waals surface area contributed by atoms with Crippen LogP contribution in [0.25, 0.3) is 60.5 Å². The Labute approximate surface area is 335 Å². The fourth-order valence-corrected chi connectivity index (χ4v) is 10.3. The largest absolute Gasteiger partial charge is 0.309 e. The van der Waals surface area contributed by atoms with Crippen molar-refractivity contribution >= 4 is 49.6 Å². The van der Waals surface area contributed by atoms with Crippen molar-refractivity contribution in [3.05, 3.63) is 193 Å². The van der Waals surface area contributed by atoms with E-state index in [1.807, 2.05) is 0 Å². The second-order valence-electron chi connectivity index (χ2n) is 16.8. The molecule has 11 rings (SSSR count). The van der Waals surface area contributed by atoms with Crippen molar-refractivity contribution in [3.8, 4) is 27.9 Å². The van der Waals surface area contributed by atoms with Gasteiger partial charge < -0.3 is 9.47 Å². The number of hydrogen-bond acceptors (Lipinski definition) is 1. The lowest BCUT2D eigenvalue weighted by Gasteiger charge is -2.31. The summed E-state index contributed by atoms with van der Waals surface area (Å²) in [5, 5.41) is 4.99. The molecule has 2 heteroatoms. The normalized spacial score (nSPS) is 14.9. The average Bonchev–Trinajstić information content (AvgIpc) is 3.72. The number of anilines is 3. The molecule has 0 radical (unpaired) electrons. The van der Waals surface area contributed by atoms with E-state index in [0.717, 1.165) is 0 Å². The molecule has 0 saturated heterocycles. The summed E-state index contributed by atoms with van der Waals surface area (Å²) in [5.41, 5.74) is 16.4. The molecule has 0 N–H and O–H groups in total. The highest BCUT2D eigenvalue weighted by Gasteiger charge is 2.36. The zero-order valence-electron chi connectivity index (χ0n) is 32.8. The lowest BCUT2D eigenvalue weighted by molar-refractivity contribution is 0.443. The Morgan fingerprint density at radius 2 is 1.18 bits per heavy atom. The minimum Gasteiger partial charge on any atom is -0.309 e. The van der Waals surface area contributed by atoms with Gasteiger partial charge in [0.15, 0.2) is 0 Å². The molecule has 2 aliphatic rings. The van der Waals surface area contributed by atoms with Gasteiger partial charge in [0.25, 0.3) is 0 Å². The van der Waals surface area contributed by atoms with E-state index in [4.69, 9.17) is 0 Å². The lowest BCUT2D eigenvalue weighted by atomic mass is 9.82. The molecule has 57 heavy (non-hydrogen) atoms. The van der Waals surface area contributed by atoms with Gasteiger partial charge in [0.1, 0.15) is 0 Å². The summed E-state index contributed by atoms with van der Waals surface area (Å²) in [6.45, 7) is 4.74. The summed E-state index contributed by atoms with van der Waals surface area (Å²) in [6.07, 6.45) is 6.61. The van der Waals surface area contributed by atoms with Gasteiger partial charge in [0, 0.05) is 44.2 Å². The number of fused-ring (bicyclic) bond motifs is 7. The molecule has 0 bridgehead atoms. The molecular weight excluding hydrogens is 689 g/mol. The molecule has 9 aromatic rings. The van der Waals surface area contributed by atoms with Crippen molar-refractivity contribution < 1.29 is 0 Å². The van der Waals surface area contributed by atoms with Gasteiger partial charge in [0.2, 0.25) is 0 Å². The van der Waals surface area contributed by atoms with E-state index in [1.54, 1.807) is 0 Å². The Hall–Kier alpha value is -6.38. The monoisotopic (exact) mass is 734 g/mol. The van der Waals surface area contributed by atoms with Crippen molar-refractivity contribution in [3.63, 3.8) is 0 Å². The summed E-state index contributed by atoms with van der Waals surface area (Å²) in [4.78, 5) is 2.55. The van der Waals surface area contributed by atoms with Crippen molar-refractivity contribution in [2.24, 2.45) is 0 Å². The van der Waals surface area contributed by atoms with E-state index in [1.165, 1.54) is 126 Å². The predicted octanol–water partition coefficient (Wildman–Crippen LogP) is 15.4. The molecule has 1 saturated carbocycles. The van der Waals surface area contributed by atoms with Crippen LogP contribution in [0, 0.1) is 0 Å². The number of hydrogen-bond donors (Lipinski definition) is 0. The first kappa shape index (κ1) is 33.9. The molecule has 8 aromatic carbocycles. The highest BCUT2D eigenvalue weighted by atomic mass is 15.1. The second kappa shape index (κ2) is 13.4. The van der Waals surface area contributed by atoms with Crippen LogP contribution in [-0.2, 0) is 5.41 Å². The SMILES string of the molecule is CC1(C)c2ccccc2-c2cc(N(c3ccc(C4CCCCC4)cc3)c3c(-c4ccc5c6ccccc6n(-c6ccccc6)c5c4)ccc4ccccc34)ccc21. The first-order valence-corrected chi connectivity index (χ1v) is 20.8. The van der Waals surface area contributed by atoms with Gasteiger partial charge in [-0.1, -0.05) is 161 Å². The number of benzene rings is 8. The van der Waals surface area contributed by atoms with Gasteiger partial charge in [-0.05, 0) is 106 Å². The van der Waals surface area contributed by atoms with Gasteiger partial charge in [-0.2, -0.15) is 0 Å². The molecule has 0 atom stereocenters. The van der Waals surface area contributed by atoms with Crippen molar-refractivity contribution in [1.82, 2.24) is 4.57 Å². The van der Waals surface area contributed by atoms with Gasteiger partial charge >= 0.3 is 0 Å². The Kier molecular flexibility index (Phi) is 7.96. The maximum atomic E-state index is 2.55. The van der Waals surface area contributed by atoms with Crippen LogP contribution in [0.15, 0.2) is 176 Å².